The molecule has 0 atom stereocenters. The van der Waals surface area contributed by atoms with Crippen LogP contribution in [0.25, 0.3) is 0 Å². The van der Waals surface area contributed by atoms with Crippen molar-refractivity contribution in [1.82, 2.24) is 0 Å². The monoisotopic (exact) mass is 882 g/mol. The van der Waals surface area contributed by atoms with Gasteiger partial charge in [0.15, 0.2) is 0 Å². The average molecular weight is 883 g/mol. The van der Waals surface area contributed by atoms with E-state index in [4.69, 9.17) is 30.1 Å². The largest absolute Gasteiger partial charge is 0.490 e. The molecule has 0 radical (unpaired) electrons. The van der Waals surface area contributed by atoms with Crippen molar-refractivity contribution in [3.63, 3.8) is 0 Å². The molecule has 0 aliphatic heterocycles. The Balaban J connectivity index is 0.912. The Hall–Kier alpha value is -9.02. The summed E-state index contributed by atoms with van der Waals surface area (Å²) in [6.07, 6.45) is 7.17. The number of rotatable bonds is 18. The van der Waals surface area contributed by atoms with E-state index < -0.39 is 23.8 Å². The number of amides is 2. The van der Waals surface area contributed by atoms with Gasteiger partial charge in [-0.25, -0.2) is 9.59 Å². The van der Waals surface area contributed by atoms with Crippen LogP contribution in [0.3, 0.4) is 0 Å². The van der Waals surface area contributed by atoms with Crippen molar-refractivity contribution in [1.29, 1.82) is 0 Å². The molecule has 0 heterocycles. The first-order chi connectivity index (χ1) is 31.9. The predicted molar refractivity (Wildman–Crippen MR) is 248 cm³/mol. The zero-order valence-electron chi connectivity index (χ0n) is 35.6. The van der Waals surface area contributed by atoms with Gasteiger partial charge in [-0.2, -0.15) is 0 Å². The van der Waals surface area contributed by atoms with Crippen molar-refractivity contribution in [2.75, 3.05) is 23.8 Å². The lowest BCUT2D eigenvalue weighted by atomic mass is 9.78. The van der Waals surface area contributed by atoms with Crippen LogP contribution in [0, 0.1) is 12.5 Å². The number of benzene rings is 7. The van der Waals surface area contributed by atoms with Crippen molar-refractivity contribution in [3.8, 4) is 52.8 Å². The van der Waals surface area contributed by atoms with Crippen LogP contribution in [0.2, 0.25) is 0 Å². The molecule has 0 fully saturated rings. The van der Waals surface area contributed by atoms with Crippen LogP contribution in [0.1, 0.15) is 66.4 Å². The van der Waals surface area contributed by atoms with Gasteiger partial charge >= 0.3 is 11.9 Å². The summed E-state index contributed by atoms with van der Waals surface area (Å²) in [6.45, 7) is 4.67. The van der Waals surface area contributed by atoms with E-state index >= 15 is 0 Å². The highest BCUT2D eigenvalue weighted by molar-refractivity contribution is 6.12. The SMILES string of the molecule is C#COc1ccc(C(=O)O)c(C(=O)Nc2ccc(Oc3ccc(C(C)(C)c4ccc(Oc5ccc(NC(=O)c6cc(OCCOc7ccccc7)ccc6C(=O)O)cc5)cc4)cc3)cc2)c1. The number of carboxylic acid groups (broad SMARTS) is 2. The summed E-state index contributed by atoms with van der Waals surface area (Å²) in [5.41, 5.74) is 2.04. The van der Waals surface area contributed by atoms with Crippen molar-refractivity contribution in [2.24, 2.45) is 0 Å². The standard InChI is InChI=1S/C53H42N2O11/c1-4-62-43-26-28-45(51(58)59)47(32-43)49(56)54-36-14-22-41(23-15-36)65-39-18-10-34(11-19-39)53(2,3)35-12-20-40(21-13-35)66-42-24-16-37(17-25-42)55-50(57)48-33-44(27-29-46(48)52(60)61)64-31-30-63-38-8-6-5-7-9-38/h1,5-29,32-33H,30-31H2,2-3H3,(H,54,56)(H,55,57)(H,58,59)(H,60,61). The maximum absolute atomic E-state index is 13.3. The van der Waals surface area contributed by atoms with Crippen molar-refractivity contribution < 1.29 is 53.1 Å². The zero-order chi connectivity index (χ0) is 46.6. The number of nitrogens with one attached hydrogen (secondary N) is 2. The molecule has 0 saturated carbocycles. The molecule has 7 rings (SSSR count). The Labute approximate surface area is 380 Å². The second-order valence-electron chi connectivity index (χ2n) is 15.1. The van der Waals surface area contributed by atoms with Gasteiger partial charge in [-0.15, -0.1) is 0 Å². The molecule has 4 N–H and O–H groups in total. The third-order valence-corrected chi connectivity index (χ3v) is 10.3. The molecule has 7 aromatic carbocycles. The Morgan fingerprint density at radius 2 is 0.864 bits per heavy atom. The molecule has 0 aromatic heterocycles. The van der Waals surface area contributed by atoms with Crippen LogP contribution in [-0.4, -0.2) is 47.2 Å². The van der Waals surface area contributed by atoms with Gasteiger partial charge in [0.2, 0.25) is 0 Å². The molecule has 0 unspecified atom stereocenters. The smallest absolute Gasteiger partial charge is 0.336 e. The van der Waals surface area contributed by atoms with Crippen molar-refractivity contribution in [3.05, 3.63) is 197 Å². The maximum Gasteiger partial charge on any atom is 0.336 e. The van der Waals surface area contributed by atoms with Gasteiger partial charge in [0, 0.05) is 16.8 Å². The zero-order valence-corrected chi connectivity index (χ0v) is 35.6. The van der Waals surface area contributed by atoms with E-state index in [1.165, 1.54) is 36.4 Å². The van der Waals surface area contributed by atoms with Crippen LogP contribution in [-0.2, 0) is 5.41 Å². The molecule has 13 nitrogen and oxygen atoms in total. The quantitative estimate of drug-likeness (QED) is 0.0476. The summed E-state index contributed by atoms with van der Waals surface area (Å²) in [5, 5.41) is 24.7. The van der Waals surface area contributed by atoms with Crippen LogP contribution < -0.4 is 34.3 Å². The second-order valence-corrected chi connectivity index (χ2v) is 15.1. The highest BCUT2D eigenvalue weighted by atomic mass is 16.5. The van der Waals surface area contributed by atoms with E-state index in [0.717, 1.165) is 11.1 Å². The van der Waals surface area contributed by atoms with Crippen LogP contribution in [0.5, 0.6) is 40.2 Å². The number of hydrogen-bond donors (Lipinski definition) is 4. The minimum Gasteiger partial charge on any atom is -0.490 e. The van der Waals surface area contributed by atoms with Crippen LogP contribution >= 0.6 is 0 Å². The molecule has 66 heavy (non-hydrogen) atoms. The van der Waals surface area contributed by atoms with Gasteiger partial charge in [0.25, 0.3) is 11.8 Å². The van der Waals surface area contributed by atoms with Gasteiger partial charge < -0.3 is 44.5 Å². The third kappa shape index (κ3) is 11.3. The summed E-state index contributed by atoms with van der Waals surface area (Å²) in [6, 6.07) is 46.2. The highest BCUT2D eigenvalue weighted by Gasteiger charge is 2.24. The number of carbonyl (C=O) groups excluding carboxylic acids is 2. The molecule has 2 amide bonds. The summed E-state index contributed by atoms with van der Waals surface area (Å²) < 4.78 is 28.5. The van der Waals surface area contributed by atoms with Crippen LogP contribution in [0.4, 0.5) is 11.4 Å². The molecule has 0 saturated heterocycles. The minimum absolute atomic E-state index is 0.0533. The average Bonchev–Trinajstić information content (AvgIpc) is 3.32. The van der Waals surface area contributed by atoms with Gasteiger partial charge in [0.1, 0.15) is 59.6 Å². The molecule has 0 aliphatic carbocycles. The summed E-state index contributed by atoms with van der Waals surface area (Å²) in [5.74, 6) is -0.331. The van der Waals surface area contributed by atoms with E-state index in [9.17, 15) is 29.4 Å². The Morgan fingerprint density at radius 3 is 1.29 bits per heavy atom. The first-order valence-corrected chi connectivity index (χ1v) is 20.4. The molecule has 7 aromatic rings. The van der Waals surface area contributed by atoms with E-state index in [1.54, 1.807) is 48.5 Å². The van der Waals surface area contributed by atoms with Gasteiger partial charge in [0.05, 0.1) is 22.3 Å². The number of carboxylic acids is 2. The van der Waals surface area contributed by atoms with E-state index in [1.807, 2.05) is 85.0 Å². The Morgan fingerprint density at radius 1 is 0.485 bits per heavy atom. The molecule has 13 heteroatoms. The van der Waals surface area contributed by atoms with Gasteiger partial charge in [-0.1, -0.05) is 62.7 Å². The van der Waals surface area contributed by atoms with Crippen LogP contribution in [0.15, 0.2) is 164 Å². The number of anilines is 2. The lowest BCUT2D eigenvalue weighted by Gasteiger charge is -2.26. The summed E-state index contributed by atoms with van der Waals surface area (Å²) >= 11 is 0. The maximum atomic E-state index is 13.3. The summed E-state index contributed by atoms with van der Waals surface area (Å²) in [7, 11) is 0. The Kier molecular flexibility index (Phi) is 13.9. The fraction of sp³-hybridized carbons (Fsp3) is 0.0943. The number of para-hydroxylation sites is 1. The molecule has 0 aliphatic rings. The first-order valence-electron chi connectivity index (χ1n) is 20.4. The number of hydrogen-bond acceptors (Lipinski definition) is 9. The fourth-order valence-electron chi connectivity index (χ4n) is 6.78. The predicted octanol–water partition coefficient (Wildman–Crippen LogP) is 10.9. The van der Waals surface area contributed by atoms with Gasteiger partial charge in [-0.05, 0) is 132 Å². The van der Waals surface area contributed by atoms with E-state index in [0.29, 0.717) is 45.9 Å². The van der Waals surface area contributed by atoms with Crippen molar-refractivity contribution >= 4 is 35.1 Å². The number of aromatic carboxylic acids is 2. The topological polar surface area (TPSA) is 179 Å². The molecular weight excluding hydrogens is 841 g/mol. The van der Waals surface area contributed by atoms with Gasteiger partial charge in [-0.3, -0.25) is 9.59 Å². The number of ether oxygens (including phenoxy) is 5. The molecular formula is C53H42N2O11. The molecule has 0 spiro atoms. The molecule has 0 bridgehead atoms. The second kappa shape index (κ2) is 20.4. The lowest BCUT2D eigenvalue weighted by molar-refractivity contribution is 0.0683. The lowest BCUT2D eigenvalue weighted by Crippen LogP contribution is -2.18. The fourth-order valence-corrected chi connectivity index (χ4v) is 6.78. The minimum atomic E-state index is -1.27. The number of carbonyl (C=O) groups is 4. The first kappa shape index (κ1) is 45.0. The van der Waals surface area contributed by atoms with Crippen molar-refractivity contribution in [2.45, 2.75) is 19.3 Å². The van der Waals surface area contributed by atoms with E-state index in [-0.39, 0.29) is 46.6 Å². The number of terminal acetylenes is 1. The Bertz CT molecular complexity index is 2890. The van der Waals surface area contributed by atoms with E-state index in [2.05, 4.69) is 24.5 Å². The normalized spacial score (nSPS) is 10.7. The summed E-state index contributed by atoms with van der Waals surface area (Å²) in [4.78, 5) is 49.9. The molecule has 330 valence electrons. The highest BCUT2D eigenvalue weighted by Crippen LogP contribution is 2.35. The third-order valence-electron chi connectivity index (χ3n) is 10.3.